The molecule has 0 aromatic heterocycles. The Hall–Kier alpha value is -1.24. The summed E-state index contributed by atoms with van der Waals surface area (Å²) in [6, 6.07) is -0.823. The monoisotopic (exact) mass is 304 g/mol. The van der Waals surface area contributed by atoms with Crippen LogP contribution in [-0.2, 0) is 14.3 Å². The molecule has 120 valence electrons. The topological polar surface area (TPSA) is 49.9 Å². The van der Waals surface area contributed by atoms with E-state index in [2.05, 4.69) is 0 Å². The molecule has 1 saturated carbocycles. The Morgan fingerprint density at radius 1 is 1.29 bits per heavy atom. The Morgan fingerprint density at radius 2 is 1.90 bits per heavy atom. The molecule has 0 N–H and O–H groups in total. The van der Waals surface area contributed by atoms with Crippen LogP contribution in [0.15, 0.2) is 0 Å². The fraction of sp³-hybridized carbons (Fsp3) is 0.857. The average Bonchev–Trinajstić information content (AvgIpc) is 2.45. The zero-order chi connectivity index (χ0) is 15.6. The number of morpholine rings is 1. The van der Waals surface area contributed by atoms with Crippen LogP contribution < -0.4 is 0 Å². The van der Waals surface area contributed by atoms with E-state index in [-0.39, 0.29) is 37.3 Å². The number of carbonyl (C=O) groups excluding carboxylic acids is 2. The summed E-state index contributed by atoms with van der Waals surface area (Å²) in [5.74, 6) is -3.00. The van der Waals surface area contributed by atoms with Gasteiger partial charge in [0.15, 0.2) is 0 Å². The summed E-state index contributed by atoms with van der Waals surface area (Å²) in [6.45, 7) is 2.41. The van der Waals surface area contributed by atoms with Crippen molar-refractivity contribution in [3.05, 3.63) is 0 Å². The first-order valence-corrected chi connectivity index (χ1v) is 7.31. The molecule has 1 aliphatic heterocycles. The summed E-state index contributed by atoms with van der Waals surface area (Å²) < 4.78 is 31.7. The van der Waals surface area contributed by atoms with Crippen molar-refractivity contribution in [1.82, 2.24) is 9.80 Å². The van der Waals surface area contributed by atoms with Crippen LogP contribution in [0.5, 0.6) is 0 Å². The highest BCUT2D eigenvalue weighted by Gasteiger charge is 2.40. The highest BCUT2D eigenvalue weighted by atomic mass is 19.3. The molecule has 2 amide bonds. The van der Waals surface area contributed by atoms with Gasteiger partial charge in [0.2, 0.25) is 17.7 Å². The predicted octanol–water partition coefficient (Wildman–Crippen LogP) is 1.27. The number of likely N-dealkylation sites (N-methyl/N-ethyl adjacent to an activating group) is 1. The third kappa shape index (κ3) is 3.70. The van der Waals surface area contributed by atoms with Crippen LogP contribution in [-0.4, -0.2) is 66.4 Å². The van der Waals surface area contributed by atoms with Crippen LogP contribution >= 0.6 is 0 Å². The minimum absolute atomic E-state index is 0.166. The van der Waals surface area contributed by atoms with Gasteiger partial charge >= 0.3 is 0 Å². The Bertz CT molecular complexity index is 407. The standard InChI is InChI=1S/C14H22F2N2O3/c1-10(19)18-7-8-21-9-12(18)13(20)17(2)11-3-5-14(15,16)6-4-11/h11-12H,3-9H2,1-2H3. The first-order chi connectivity index (χ1) is 9.82. The van der Waals surface area contributed by atoms with Crippen LogP contribution in [0.25, 0.3) is 0 Å². The van der Waals surface area contributed by atoms with Gasteiger partial charge < -0.3 is 14.5 Å². The number of nitrogens with zero attached hydrogens (tertiary/aromatic N) is 2. The molecule has 2 aliphatic rings. The van der Waals surface area contributed by atoms with Crippen molar-refractivity contribution < 1.29 is 23.1 Å². The molecule has 5 nitrogen and oxygen atoms in total. The van der Waals surface area contributed by atoms with Gasteiger partial charge in [0.1, 0.15) is 6.04 Å². The normalized spacial score (nSPS) is 26.5. The second-order valence-electron chi connectivity index (χ2n) is 5.84. The van der Waals surface area contributed by atoms with E-state index in [1.165, 1.54) is 16.7 Å². The lowest BCUT2D eigenvalue weighted by Gasteiger charge is -2.40. The van der Waals surface area contributed by atoms with Crippen molar-refractivity contribution in [2.24, 2.45) is 0 Å². The molecule has 0 aromatic carbocycles. The number of carbonyl (C=O) groups is 2. The zero-order valence-electron chi connectivity index (χ0n) is 12.5. The molecule has 2 fully saturated rings. The molecule has 1 aliphatic carbocycles. The Kier molecular flexibility index (Phi) is 4.81. The van der Waals surface area contributed by atoms with Crippen molar-refractivity contribution in [2.75, 3.05) is 26.8 Å². The Labute approximate surface area is 123 Å². The number of ether oxygens (including phenoxy) is 1. The predicted molar refractivity (Wildman–Crippen MR) is 72.0 cm³/mol. The van der Waals surface area contributed by atoms with Gasteiger partial charge in [-0.15, -0.1) is 0 Å². The van der Waals surface area contributed by atoms with Crippen molar-refractivity contribution in [3.63, 3.8) is 0 Å². The first kappa shape index (κ1) is 16.1. The van der Waals surface area contributed by atoms with E-state index in [0.29, 0.717) is 26.0 Å². The van der Waals surface area contributed by atoms with Gasteiger partial charge in [-0.1, -0.05) is 0 Å². The number of hydrogen-bond donors (Lipinski definition) is 0. The molecule has 0 radical (unpaired) electrons. The van der Waals surface area contributed by atoms with Crippen LogP contribution in [0, 0.1) is 0 Å². The lowest BCUT2D eigenvalue weighted by Crippen LogP contribution is -2.57. The lowest BCUT2D eigenvalue weighted by atomic mass is 9.91. The molecule has 0 spiro atoms. The summed E-state index contributed by atoms with van der Waals surface area (Å²) in [6.07, 6.45) is 0.214. The van der Waals surface area contributed by atoms with Gasteiger partial charge in [0, 0.05) is 39.4 Å². The molecule has 7 heteroatoms. The fourth-order valence-corrected chi connectivity index (χ4v) is 3.01. The van der Waals surface area contributed by atoms with Crippen LogP contribution in [0.2, 0.25) is 0 Å². The molecule has 1 atom stereocenters. The number of amides is 2. The van der Waals surface area contributed by atoms with E-state index in [9.17, 15) is 18.4 Å². The van der Waals surface area contributed by atoms with Gasteiger partial charge in [-0.05, 0) is 12.8 Å². The summed E-state index contributed by atoms with van der Waals surface area (Å²) in [5, 5.41) is 0. The van der Waals surface area contributed by atoms with Crippen molar-refractivity contribution in [3.8, 4) is 0 Å². The smallest absolute Gasteiger partial charge is 0.248 e. The fourth-order valence-electron chi connectivity index (χ4n) is 3.01. The van der Waals surface area contributed by atoms with E-state index in [0.717, 1.165) is 0 Å². The molecule has 0 bridgehead atoms. The van der Waals surface area contributed by atoms with Crippen molar-refractivity contribution in [1.29, 1.82) is 0 Å². The van der Waals surface area contributed by atoms with Gasteiger partial charge in [-0.2, -0.15) is 0 Å². The van der Waals surface area contributed by atoms with E-state index in [1.807, 2.05) is 0 Å². The number of rotatable bonds is 2. The first-order valence-electron chi connectivity index (χ1n) is 7.31. The zero-order valence-corrected chi connectivity index (χ0v) is 12.5. The largest absolute Gasteiger partial charge is 0.377 e. The van der Waals surface area contributed by atoms with Gasteiger partial charge in [0.05, 0.1) is 13.2 Å². The number of alkyl halides is 2. The molecule has 1 saturated heterocycles. The minimum Gasteiger partial charge on any atom is -0.377 e. The van der Waals surface area contributed by atoms with Crippen molar-refractivity contribution in [2.45, 2.75) is 50.6 Å². The van der Waals surface area contributed by atoms with Crippen LogP contribution in [0.1, 0.15) is 32.6 Å². The van der Waals surface area contributed by atoms with Crippen LogP contribution in [0.3, 0.4) is 0 Å². The molecular formula is C14H22F2N2O3. The molecule has 1 heterocycles. The molecule has 21 heavy (non-hydrogen) atoms. The van der Waals surface area contributed by atoms with Crippen molar-refractivity contribution >= 4 is 11.8 Å². The number of halogens is 2. The second-order valence-corrected chi connectivity index (χ2v) is 5.84. The lowest BCUT2D eigenvalue weighted by molar-refractivity contribution is -0.154. The van der Waals surface area contributed by atoms with Gasteiger partial charge in [-0.25, -0.2) is 8.78 Å². The average molecular weight is 304 g/mol. The van der Waals surface area contributed by atoms with E-state index < -0.39 is 12.0 Å². The van der Waals surface area contributed by atoms with Gasteiger partial charge in [-0.3, -0.25) is 9.59 Å². The highest BCUT2D eigenvalue weighted by molar-refractivity contribution is 5.87. The van der Waals surface area contributed by atoms with E-state index in [4.69, 9.17) is 4.74 Å². The maximum absolute atomic E-state index is 13.2. The Balaban J connectivity index is 1.99. The highest BCUT2D eigenvalue weighted by Crippen LogP contribution is 2.35. The summed E-state index contributed by atoms with van der Waals surface area (Å²) >= 11 is 0. The Morgan fingerprint density at radius 3 is 2.48 bits per heavy atom. The van der Waals surface area contributed by atoms with Gasteiger partial charge in [0.25, 0.3) is 0 Å². The third-order valence-corrected chi connectivity index (χ3v) is 4.40. The van der Waals surface area contributed by atoms with Crippen LogP contribution in [0.4, 0.5) is 8.78 Å². The maximum atomic E-state index is 13.2. The minimum atomic E-state index is -2.61. The van der Waals surface area contributed by atoms with E-state index in [1.54, 1.807) is 7.05 Å². The maximum Gasteiger partial charge on any atom is 0.248 e. The molecular weight excluding hydrogens is 282 g/mol. The summed E-state index contributed by atoms with van der Waals surface area (Å²) in [7, 11) is 1.63. The quantitative estimate of drug-likeness (QED) is 0.772. The molecule has 1 unspecified atom stereocenters. The summed E-state index contributed by atoms with van der Waals surface area (Å²) in [4.78, 5) is 27.2. The second kappa shape index (κ2) is 6.25. The SMILES string of the molecule is CC(=O)N1CCOCC1C(=O)N(C)C1CCC(F)(F)CC1. The molecule has 2 rings (SSSR count). The summed E-state index contributed by atoms with van der Waals surface area (Å²) in [5.41, 5.74) is 0. The third-order valence-electron chi connectivity index (χ3n) is 4.40. The number of hydrogen-bond acceptors (Lipinski definition) is 3. The molecule has 0 aromatic rings. The van der Waals surface area contributed by atoms with E-state index >= 15 is 0 Å².